The second-order valence-corrected chi connectivity index (χ2v) is 8.33. The molecule has 4 aromatic rings. The SMILES string of the molecule is C=C1C=CC(N=Nc2ccc3nc4ccc(N(CC)CC)cc4[n+](-c4ccccc4)c3c2)=CC1. The Kier molecular flexibility index (Phi) is 6.00. The van der Waals surface area contributed by atoms with Gasteiger partial charge in [0.15, 0.2) is 0 Å². The summed E-state index contributed by atoms with van der Waals surface area (Å²) in [5, 5.41) is 8.96. The van der Waals surface area contributed by atoms with Gasteiger partial charge in [0.2, 0.25) is 16.7 Å². The van der Waals surface area contributed by atoms with E-state index in [1.807, 2.05) is 36.4 Å². The van der Waals surface area contributed by atoms with Crippen molar-refractivity contribution >= 4 is 33.4 Å². The van der Waals surface area contributed by atoms with Gasteiger partial charge in [-0.15, -0.1) is 4.57 Å². The first-order chi connectivity index (χ1) is 16.7. The summed E-state index contributed by atoms with van der Waals surface area (Å²) in [5.74, 6) is 0. The summed E-state index contributed by atoms with van der Waals surface area (Å²) >= 11 is 0. The number of anilines is 1. The van der Waals surface area contributed by atoms with Crippen LogP contribution < -0.4 is 9.47 Å². The number of hydrogen-bond acceptors (Lipinski definition) is 4. The molecule has 168 valence electrons. The number of aromatic nitrogens is 2. The Labute approximate surface area is 200 Å². The van der Waals surface area contributed by atoms with Crippen LogP contribution in [0.5, 0.6) is 0 Å². The van der Waals surface area contributed by atoms with Crippen LogP contribution >= 0.6 is 0 Å². The van der Waals surface area contributed by atoms with Crippen LogP contribution in [0.4, 0.5) is 11.4 Å². The summed E-state index contributed by atoms with van der Waals surface area (Å²) < 4.78 is 2.27. The number of para-hydroxylation sites is 1. The Balaban J connectivity index is 1.70. The molecule has 0 bridgehead atoms. The molecule has 0 aliphatic heterocycles. The minimum Gasteiger partial charge on any atom is -0.372 e. The summed E-state index contributed by atoms with van der Waals surface area (Å²) in [6, 6.07) is 23.0. The fraction of sp³-hybridized carbons (Fsp3) is 0.172. The van der Waals surface area contributed by atoms with E-state index in [1.54, 1.807) is 0 Å². The van der Waals surface area contributed by atoms with E-state index in [-0.39, 0.29) is 0 Å². The smallest absolute Gasteiger partial charge is 0.239 e. The molecule has 3 aromatic carbocycles. The van der Waals surface area contributed by atoms with Crippen molar-refractivity contribution in [3.63, 3.8) is 0 Å². The lowest BCUT2D eigenvalue weighted by Crippen LogP contribution is -2.33. The maximum atomic E-state index is 4.97. The Morgan fingerprint density at radius 3 is 2.32 bits per heavy atom. The Morgan fingerprint density at radius 1 is 0.882 bits per heavy atom. The lowest BCUT2D eigenvalue weighted by atomic mass is 10.1. The van der Waals surface area contributed by atoms with Gasteiger partial charge in [0.25, 0.3) is 0 Å². The summed E-state index contributed by atoms with van der Waals surface area (Å²) in [6.07, 6.45) is 6.79. The van der Waals surface area contributed by atoms with Crippen LogP contribution in [0.3, 0.4) is 0 Å². The van der Waals surface area contributed by atoms with E-state index >= 15 is 0 Å². The van der Waals surface area contributed by atoms with E-state index in [4.69, 9.17) is 4.98 Å². The van der Waals surface area contributed by atoms with Gasteiger partial charge in [0.05, 0.1) is 11.4 Å². The Bertz CT molecular complexity index is 1460. The van der Waals surface area contributed by atoms with Gasteiger partial charge >= 0.3 is 0 Å². The van der Waals surface area contributed by atoms with E-state index in [9.17, 15) is 0 Å². The number of nitrogens with zero attached hydrogens (tertiary/aromatic N) is 5. The van der Waals surface area contributed by atoms with Crippen LogP contribution in [0.1, 0.15) is 20.3 Å². The zero-order valence-electron chi connectivity index (χ0n) is 19.6. The number of rotatable bonds is 6. The van der Waals surface area contributed by atoms with Gasteiger partial charge in [-0.2, -0.15) is 10.2 Å². The number of allylic oxidation sites excluding steroid dienone is 4. The first kappa shape index (κ1) is 21.7. The first-order valence-corrected chi connectivity index (χ1v) is 11.7. The minimum atomic E-state index is 0.789. The number of benzene rings is 3. The molecule has 0 fully saturated rings. The van der Waals surface area contributed by atoms with Crippen LogP contribution in [-0.4, -0.2) is 18.1 Å². The molecule has 5 rings (SSSR count). The number of hydrogen-bond donors (Lipinski definition) is 0. The predicted octanol–water partition coefficient (Wildman–Crippen LogP) is 6.99. The van der Waals surface area contributed by atoms with E-state index in [2.05, 4.69) is 88.7 Å². The van der Waals surface area contributed by atoms with Crippen LogP contribution in [0.25, 0.3) is 27.8 Å². The maximum absolute atomic E-state index is 4.97. The van der Waals surface area contributed by atoms with Crippen molar-refractivity contribution in [2.75, 3.05) is 18.0 Å². The third kappa shape index (κ3) is 4.25. The highest BCUT2D eigenvalue weighted by Gasteiger charge is 2.21. The van der Waals surface area contributed by atoms with Crippen molar-refractivity contribution in [1.29, 1.82) is 0 Å². The molecule has 0 spiro atoms. The van der Waals surface area contributed by atoms with E-state index < -0.39 is 0 Å². The molecule has 0 saturated heterocycles. The predicted molar refractivity (Wildman–Crippen MR) is 140 cm³/mol. The average molecular weight is 447 g/mol. The van der Waals surface area contributed by atoms with E-state index in [1.165, 1.54) is 5.69 Å². The van der Waals surface area contributed by atoms with Crippen molar-refractivity contribution in [2.24, 2.45) is 10.2 Å². The van der Waals surface area contributed by atoms with E-state index in [0.29, 0.717) is 0 Å². The molecule has 34 heavy (non-hydrogen) atoms. The van der Waals surface area contributed by atoms with Crippen LogP contribution in [0, 0.1) is 0 Å². The van der Waals surface area contributed by atoms with E-state index in [0.717, 1.165) is 64.2 Å². The Morgan fingerprint density at radius 2 is 1.62 bits per heavy atom. The number of fused-ring (bicyclic) bond motifs is 2. The summed E-state index contributed by atoms with van der Waals surface area (Å²) in [4.78, 5) is 7.32. The summed E-state index contributed by atoms with van der Waals surface area (Å²) in [5.41, 5.74) is 8.93. The molecule has 0 unspecified atom stereocenters. The lowest BCUT2D eigenvalue weighted by molar-refractivity contribution is -0.538. The molecule has 1 heterocycles. The maximum Gasteiger partial charge on any atom is 0.239 e. The second-order valence-electron chi connectivity index (χ2n) is 8.33. The highest BCUT2D eigenvalue weighted by molar-refractivity contribution is 5.85. The van der Waals surface area contributed by atoms with Gasteiger partial charge in [-0.25, -0.2) is 4.98 Å². The summed E-state index contributed by atoms with van der Waals surface area (Å²) in [6.45, 7) is 10.3. The van der Waals surface area contributed by atoms with Gasteiger partial charge in [0, 0.05) is 43.0 Å². The molecule has 1 aromatic heterocycles. The molecule has 0 radical (unpaired) electrons. The first-order valence-electron chi connectivity index (χ1n) is 11.7. The highest BCUT2D eigenvalue weighted by atomic mass is 15.1. The van der Waals surface area contributed by atoms with Crippen molar-refractivity contribution in [2.45, 2.75) is 20.3 Å². The molecule has 5 nitrogen and oxygen atoms in total. The molecule has 0 amide bonds. The molecule has 0 N–H and O–H groups in total. The van der Waals surface area contributed by atoms with Gasteiger partial charge in [-0.05, 0) is 50.6 Å². The Hall–Kier alpha value is -4.12. The second kappa shape index (κ2) is 9.40. The lowest BCUT2D eigenvalue weighted by Gasteiger charge is -2.20. The monoisotopic (exact) mass is 446 g/mol. The van der Waals surface area contributed by atoms with Crippen LogP contribution in [0.15, 0.2) is 113 Å². The molecule has 1 aliphatic rings. The highest BCUT2D eigenvalue weighted by Crippen LogP contribution is 2.26. The largest absolute Gasteiger partial charge is 0.372 e. The van der Waals surface area contributed by atoms with Crippen molar-refractivity contribution in [3.05, 3.63) is 103 Å². The minimum absolute atomic E-state index is 0.789. The molecule has 5 heteroatoms. The van der Waals surface area contributed by atoms with Gasteiger partial charge in [0.1, 0.15) is 11.0 Å². The van der Waals surface area contributed by atoms with Gasteiger partial charge in [-0.1, -0.05) is 42.5 Å². The van der Waals surface area contributed by atoms with Crippen molar-refractivity contribution in [1.82, 2.24) is 4.98 Å². The third-order valence-corrected chi connectivity index (χ3v) is 6.13. The molecule has 1 aliphatic carbocycles. The molecular formula is C29H28N5+. The molecular weight excluding hydrogens is 418 g/mol. The molecule has 0 saturated carbocycles. The zero-order chi connectivity index (χ0) is 23.5. The summed E-state index contributed by atoms with van der Waals surface area (Å²) in [7, 11) is 0. The van der Waals surface area contributed by atoms with Gasteiger partial charge in [-0.3, -0.25) is 0 Å². The fourth-order valence-electron chi connectivity index (χ4n) is 4.30. The number of azo groups is 1. The topological polar surface area (TPSA) is 44.7 Å². The van der Waals surface area contributed by atoms with Crippen molar-refractivity contribution < 1.29 is 4.57 Å². The normalized spacial score (nSPS) is 13.7. The average Bonchev–Trinajstić information content (AvgIpc) is 2.88. The van der Waals surface area contributed by atoms with Crippen LogP contribution in [0.2, 0.25) is 0 Å². The van der Waals surface area contributed by atoms with Crippen molar-refractivity contribution in [3.8, 4) is 5.69 Å². The van der Waals surface area contributed by atoms with Crippen LogP contribution in [-0.2, 0) is 0 Å². The standard InChI is InChI=1S/C29H28N5/c1-4-33(5-2)25-16-18-27-29(20-25)34(24-9-7-6-8-10-24)28-19-23(15-17-26(28)30-27)32-31-22-13-11-21(3)12-14-22/h6-11,13-20H,3-5,12H2,1-2H3/q+1. The fourth-order valence-corrected chi connectivity index (χ4v) is 4.30. The third-order valence-electron chi connectivity index (χ3n) is 6.13. The van der Waals surface area contributed by atoms with Gasteiger partial charge < -0.3 is 4.90 Å². The quantitative estimate of drug-likeness (QED) is 0.182. The zero-order valence-corrected chi connectivity index (χ0v) is 19.6. The molecule has 0 atom stereocenters.